The minimum Gasteiger partial charge on any atom is -0.355 e. The summed E-state index contributed by atoms with van der Waals surface area (Å²) in [6.07, 6.45) is -0.328. The maximum Gasteiger partial charge on any atom is 0.255 e. The Morgan fingerprint density at radius 3 is 2.44 bits per heavy atom. The number of hydrogen-bond acceptors (Lipinski definition) is 5. The lowest BCUT2D eigenvalue weighted by atomic mass is 10.1. The topological polar surface area (TPSA) is 76.2 Å². The molecule has 1 rings (SSSR count). The van der Waals surface area contributed by atoms with Gasteiger partial charge in [-0.1, -0.05) is 0 Å². The lowest BCUT2D eigenvalue weighted by Gasteiger charge is -2.19. The first-order valence-electron chi connectivity index (χ1n) is 5.86. The maximum atomic E-state index is 11.9. The average Bonchev–Trinajstić information content (AvgIpc) is 2.28. The van der Waals surface area contributed by atoms with Gasteiger partial charge < -0.3 is 19.8 Å². The van der Waals surface area contributed by atoms with Gasteiger partial charge in [0.2, 0.25) is 0 Å². The van der Waals surface area contributed by atoms with Crippen LogP contribution >= 0.6 is 0 Å². The van der Waals surface area contributed by atoms with E-state index < -0.39 is 0 Å². The van der Waals surface area contributed by atoms with Crippen molar-refractivity contribution in [3.8, 4) is 0 Å². The van der Waals surface area contributed by atoms with Crippen molar-refractivity contribution in [2.24, 2.45) is 0 Å². The van der Waals surface area contributed by atoms with Crippen LogP contribution in [-0.2, 0) is 9.47 Å². The van der Waals surface area contributed by atoms with Gasteiger partial charge in [-0.15, -0.1) is 0 Å². The van der Waals surface area contributed by atoms with E-state index in [2.05, 4.69) is 15.3 Å². The van der Waals surface area contributed by atoms with Gasteiger partial charge in [0.1, 0.15) is 5.82 Å². The number of rotatable bonds is 6. The highest BCUT2D eigenvalue weighted by Gasteiger charge is 2.15. The fourth-order valence-electron chi connectivity index (χ4n) is 1.88. The molecule has 6 nitrogen and oxygen atoms in total. The first kappa shape index (κ1) is 14.8. The summed E-state index contributed by atoms with van der Waals surface area (Å²) in [6.45, 7) is 6.01. The van der Waals surface area contributed by atoms with E-state index in [1.807, 2.05) is 13.8 Å². The molecule has 0 aromatic carbocycles. The van der Waals surface area contributed by atoms with Crippen LogP contribution in [0.5, 0.6) is 0 Å². The number of methoxy groups -OCH3 is 2. The summed E-state index contributed by atoms with van der Waals surface area (Å²) >= 11 is 0. The molecule has 0 fully saturated rings. The third kappa shape index (κ3) is 3.63. The molecule has 6 heteroatoms. The van der Waals surface area contributed by atoms with Crippen molar-refractivity contribution in [2.75, 3.05) is 20.8 Å². The number of aryl methyl sites for hydroxylation is 2. The number of nitrogens with zero attached hydrogens (tertiary/aromatic N) is 1. The first-order valence-corrected chi connectivity index (χ1v) is 5.86. The van der Waals surface area contributed by atoms with Gasteiger partial charge in [-0.25, -0.2) is 4.98 Å². The molecule has 102 valence electrons. The molecule has 0 saturated heterocycles. The summed E-state index contributed by atoms with van der Waals surface area (Å²) < 4.78 is 10.2. The predicted molar refractivity (Wildman–Crippen MR) is 68.6 cm³/mol. The number of nitrogens with one attached hydrogen (secondary N) is 2. The molecular weight excluding hydrogens is 234 g/mol. The van der Waals surface area contributed by atoms with Crippen molar-refractivity contribution < 1.29 is 9.47 Å². The predicted octanol–water partition coefficient (Wildman–Crippen LogP) is 0.656. The zero-order valence-electron chi connectivity index (χ0n) is 11.5. The molecule has 1 unspecified atom stereocenters. The van der Waals surface area contributed by atoms with E-state index >= 15 is 0 Å². The Bertz CT molecular complexity index is 441. The molecule has 1 aromatic heterocycles. The third-order valence-electron chi connectivity index (χ3n) is 2.81. The Morgan fingerprint density at radius 1 is 1.33 bits per heavy atom. The van der Waals surface area contributed by atoms with Gasteiger partial charge in [0.05, 0.1) is 5.56 Å². The number of ether oxygens (including phenoxy) is 2. The Labute approximate surface area is 107 Å². The molecule has 2 N–H and O–H groups in total. The van der Waals surface area contributed by atoms with Crippen LogP contribution in [0, 0.1) is 13.8 Å². The van der Waals surface area contributed by atoms with E-state index in [4.69, 9.17) is 9.47 Å². The minimum absolute atomic E-state index is 0.105. The van der Waals surface area contributed by atoms with Crippen LogP contribution in [0.4, 0.5) is 0 Å². The quantitative estimate of drug-likeness (QED) is 0.730. The molecule has 1 heterocycles. The molecule has 0 spiro atoms. The summed E-state index contributed by atoms with van der Waals surface area (Å²) in [5.74, 6) is 0.625. The Morgan fingerprint density at radius 2 is 1.94 bits per heavy atom. The molecule has 18 heavy (non-hydrogen) atoms. The largest absolute Gasteiger partial charge is 0.355 e. The van der Waals surface area contributed by atoms with Crippen molar-refractivity contribution in [3.63, 3.8) is 0 Å². The maximum absolute atomic E-state index is 11.9. The van der Waals surface area contributed by atoms with Crippen LogP contribution in [0.1, 0.15) is 30.0 Å². The summed E-state index contributed by atoms with van der Waals surface area (Å²) in [6, 6.07) is -0.116. The van der Waals surface area contributed by atoms with Crippen LogP contribution in [0.25, 0.3) is 0 Å². The normalized spacial score (nSPS) is 13.0. The van der Waals surface area contributed by atoms with Crippen LogP contribution in [-0.4, -0.2) is 37.0 Å². The van der Waals surface area contributed by atoms with Gasteiger partial charge in [0, 0.05) is 32.5 Å². The SMILES string of the molecule is COC(CNC(C)c1c(C)nc(C)[nH]c1=O)OC. The number of hydrogen-bond donors (Lipinski definition) is 2. The molecule has 0 amide bonds. The van der Waals surface area contributed by atoms with E-state index in [0.29, 0.717) is 17.9 Å². The fourth-order valence-corrected chi connectivity index (χ4v) is 1.88. The standard InChI is InChI=1S/C12H21N3O3/c1-7(13-6-10(17-4)18-5)11-8(2)14-9(3)15-12(11)16/h7,10,13H,6H2,1-5H3,(H,14,15,16). The molecule has 0 saturated carbocycles. The highest BCUT2D eigenvalue weighted by Crippen LogP contribution is 2.10. The molecule has 0 radical (unpaired) electrons. The van der Waals surface area contributed by atoms with Crippen LogP contribution in [0.15, 0.2) is 4.79 Å². The van der Waals surface area contributed by atoms with E-state index in [-0.39, 0.29) is 17.9 Å². The zero-order valence-corrected chi connectivity index (χ0v) is 11.5. The highest BCUT2D eigenvalue weighted by atomic mass is 16.7. The Balaban J connectivity index is 2.79. The lowest BCUT2D eigenvalue weighted by Crippen LogP contribution is -2.34. The van der Waals surface area contributed by atoms with Crippen molar-refractivity contribution in [2.45, 2.75) is 33.1 Å². The average molecular weight is 255 g/mol. The first-order chi connectivity index (χ1) is 8.49. The minimum atomic E-state index is -0.328. The second-order valence-electron chi connectivity index (χ2n) is 4.18. The molecule has 1 aromatic rings. The summed E-state index contributed by atoms with van der Waals surface area (Å²) in [7, 11) is 3.15. The number of aromatic nitrogens is 2. The molecular formula is C12H21N3O3. The van der Waals surface area contributed by atoms with Crippen LogP contribution < -0.4 is 10.9 Å². The van der Waals surface area contributed by atoms with Crippen molar-refractivity contribution in [1.29, 1.82) is 0 Å². The summed E-state index contributed by atoms with van der Waals surface area (Å²) in [5.41, 5.74) is 1.28. The van der Waals surface area contributed by atoms with Gasteiger partial charge in [-0.2, -0.15) is 0 Å². The fraction of sp³-hybridized carbons (Fsp3) is 0.667. The lowest BCUT2D eigenvalue weighted by molar-refractivity contribution is -0.0997. The molecule has 1 atom stereocenters. The van der Waals surface area contributed by atoms with E-state index in [1.165, 1.54) is 0 Å². The molecule has 0 aliphatic heterocycles. The van der Waals surface area contributed by atoms with Gasteiger partial charge in [0.25, 0.3) is 5.56 Å². The monoisotopic (exact) mass is 255 g/mol. The van der Waals surface area contributed by atoms with Crippen molar-refractivity contribution in [1.82, 2.24) is 15.3 Å². The van der Waals surface area contributed by atoms with Crippen LogP contribution in [0.3, 0.4) is 0 Å². The van der Waals surface area contributed by atoms with Gasteiger partial charge in [-0.05, 0) is 20.8 Å². The smallest absolute Gasteiger partial charge is 0.255 e. The van der Waals surface area contributed by atoms with E-state index in [9.17, 15) is 4.79 Å². The van der Waals surface area contributed by atoms with Gasteiger partial charge in [-0.3, -0.25) is 4.79 Å². The summed E-state index contributed by atoms with van der Waals surface area (Å²) in [5, 5.41) is 3.19. The molecule has 0 aliphatic rings. The second-order valence-corrected chi connectivity index (χ2v) is 4.18. The number of aromatic amines is 1. The van der Waals surface area contributed by atoms with Gasteiger partial charge in [0.15, 0.2) is 6.29 Å². The highest BCUT2D eigenvalue weighted by molar-refractivity contribution is 5.19. The third-order valence-corrected chi connectivity index (χ3v) is 2.81. The Hall–Kier alpha value is -1.24. The summed E-state index contributed by atoms with van der Waals surface area (Å²) in [4.78, 5) is 18.9. The second kappa shape index (κ2) is 6.63. The van der Waals surface area contributed by atoms with Crippen LogP contribution in [0.2, 0.25) is 0 Å². The van der Waals surface area contributed by atoms with E-state index in [1.54, 1.807) is 21.1 Å². The Kier molecular flexibility index (Phi) is 5.46. The number of H-pyrrole nitrogens is 1. The zero-order chi connectivity index (χ0) is 13.7. The molecule has 0 aliphatic carbocycles. The van der Waals surface area contributed by atoms with Crippen molar-refractivity contribution in [3.05, 3.63) is 27.4 Å². The van der Waals surface area contributed by atoms with Gasteiger partial charge >= 0.3 is 0 Å². The molecule has 0 bridgehead atoms. The van der Waals surface area contributed by atoms with E-state index in [0.717, 1.165) is 5.69 Å². The van der Waals surface area contributed by atoms with Crippen molar-refractivity contribution >= 4 is 0 Å².